The number of nitrogens with one attached hydrogen (secondary N) is 1. The summed E-state index contributed by atoms with van der Waals surface area (Å²) in [5, 5.41) is 4.93. The van der Waals surface area contributed by atoms with E-state index < -0.39 is 0 Å². The maximum atomic E-state index is 6.32. The monoisotopic (exact) mass is 386 g/mol. The molecule has 1 atom stereocenters. The summed E-state index contributed by atoms with van der Waals surface area (Å²) in [7, 11) is 0. The molecule has 1 aromatic carbocycles. The second kappa shape index (κ2) is 8.14. The second-order valence-corrected chi connectivity index (χ2v) is 6.61. The Bertz CT molecular complexity index is 587. The number of pyridine rings is 1. The van der Waals surface area contributed by atoms with Gasteiger partial charge in [-0.2, -0.15) is 0 Å². The highest BCUT2D eigenvalue weighted by Crippen LogP contribution is 2.26. The standard InChI is InChI=1S/C16H17BrCl2N2/c1-2-7-20-16(15-6-5-13(18)10-21-15)8-11-3-4-12(17)9-14(11)19/h3-6,9-10,16,20H,2,7-8H2,1H3. The summed E-state index contributed by atoms with van der Waals surface area (Å²) in [5.41, 5.74) is 2.08. The van der Waals surface area contributed by atoms with Crippen LogP contribution in [0.15, 0.2) is 41.0 Å². The summed E-state index contributed by atoms with van der Waals surface area (Å²) in [6.45, 7) is 3.08. The minimum Gasteiger partial charge on any atom is -0.308 e. The maximum Gasteiger partial charge on any atom is 0.0589 e. The van der Waals surface area contributed by atoms with Gasteiger partial charge in [0.05, 0.1) is 16.8 Å². The smallest absolute Gasteiger partial charge is 0.0589 e. The van der Waals surface area contributed by atoms with Gasteiger partial charge in [-0.3, -0.25) is 4.98 Å². The Morgan fingerprint density at radius 3 is 2.67 bits per heavy atom. The van der Waals surface area contributed by atoms with E-state index in [2.05, 4.69) is 33.2 Å². The molecule has 21 heavy (non-hydrogen) atoms. The van der Waals surface area contributed by atoms with Crippen LogP contribution in [0.1, 0.15) is 30.6 Å². The summed E-state index contributed by atoms with van der Waals surface area (Å²) in [6.07, 6.45) is 3.54. The number of aromatic nitrogens is 1. The van der Waals surface area contributed by atoms with Crippen molar-refractivity contribution in [3.05, 3.63) is 62.3 Å². The number of rotatable bonds is 6. The third-order valence-corrected chi connectivity index (χ3v) is 4.26. The van der Waals surface area contributed by atoms with Gasteiger partial charge < -0.3 is 5.32 Å². The van der Waals surface area contributed by atoms with Crippen molar-refractivity contribution in [2.24, 2.45) is 0 Å². The van der Waals surface area contributed by atoms with Crippen LogP contribution in [0.4, 0.5) is 0 Å². The molecule has 2 aromatic rings. The fraction of sp³-hybridized carbons (Fsp3) is 0.312. The average molecular weight is 388 g/mol. The number of benzene rings is 1. The van der Waals surface area contributed by atoms with Crippen molar-refractivity contribution in [3.8, 4) is 0 Å². The summed E-state index contributed by atoms with van der Waals surface area (Å²) in [4.78, 5) is 4.43. The van der Waals surface area contributed by atoms with E-state index >= 15 is 0 Å². The zero-order valence-electron chi connectivity index (χ0n) is 11.7. The molecule has 0 aliphatic carbocycles. The van der Waals surface area contributed by atoms with Gasteiger partial charge in [-0.15, -0.1) is 0 Å². The minimum atomic E-state index is 0.126. The first kappa shape index (κ1) is 16.8. The molecule has 2 rings (SSSR count). The van der Waals surface area contributed by atoms with E-state index in [0.29, 0.717) is 5.02 Å². The van der Waals surface area contributed by atoms with Crippen molar-refractivity contribution in [3.63, 3.8) is 0 Å². The molecule has 0 radical (unpaired) electrons. The third kappa shape index (κ3) is 4.96. The molecule has 1 unspecified atom stereocenters. The van der Waals surface area contributed by atoms with Gasteiger partial charge in [-0.1, -0.05) is 52.1 Å². The molecule has 0 saturated carbocycles. The van der Waals surface area contributed by atoms with E-state index in [1.807, 2.05) is 30.3 Å². The number of nitrogens with zero attached hydrogens (tertiary/aromatic N) is 1. The summed E-state index contributed by atoms with van der Waals surface area (Å²) >= 11 is 15.7. The lowest BCUT2D eigenvalue weighted by Crippen LogP contribution is -2.25. The van der Waals surface area contributed by atoms with E-state index in [0.717, 1.165) is 40.1 Å². The molecule has 1 aromatic heterocycles. The van der Waals surface area contributed by atoms with Crippen molar-refractivity contribution in [2.75, 3.05) is 6.54 Å². The summed E-state index contributed by atoms with van der Waals surface area (Å²) in [5.74, 6) is 0. The Morgan fingerprint density at radius 1 is 1.24 bits per heavy atom. The fourth-order valence-electron chi connectivity index (χ4n) is 2.10. The van der Waals surface area contributed by atoms with Crippen LogP contribution >= 0.6 is 39.1 Å². The number of hydrogen-bond donors (Lipinski definition) is 1. The van der Waals surface area contributed by atoms with Crippen LogP contribution in [0.3, 0.4) is 0 Å². The molecule has 0 aliphatic heterocycles. The van der Waals surface area contributed by atoms with Crippen LogP contribution in [0.25, 0.3) is 0 Å². The van der Waals surface area contributed by atoms with E-state index in [9.17, 15) is 0 Å². The van der Waals surface area contributed by atoms with Crippen molar-refractivity contribution in [1.29, 1.82) is 0 Å². The predicted molar refractivity (Wildman–Crippen MR) is 93.1 cm³/mol. The molecule has 1 N–H and O–H groups in total. The van der Waals surface area contributed by atoms with Gasteiger partial charge in [0.2, 0.25) is 0 Å². The Morgan fingerprint density at radius 2 is 2.05 bits per heavy atom. The fourth-order valence-corrected chi connectivity index (χ4v) is 2.96. The van der Waals surface area contributed by atoms with Gasteiger partial charge in [0, 0.05) is 15.7 Å². The van der Waals surface area contributed by atoms with Crippen molar-refractivity contribution >= 4 is 39.1 Å². The topological polar surface area (TPSA) is 24.9 Å². The molecule has 0 spiro atoms. The largest absolute Gasteiger partial charge is 0.308 e. The predicted octanol–water partition coefficient (Wildman–Crippen LogP) is 5.43. The van der Waals surface area contributed by atoms with Gasteiger partial charge >= 0.3 is 0 Å². The van der Waals surface area contributed by atoms with Crippen molar-refractivity contribution in [1.82, 2.24) is 10.3 Å². The van der Waals surface area contributed by atoms with Gasteiger partial charge in [0.1, 0.15) is 0 Å². The Kier molecular flexibility index (Phi) is 6.49. The van der Waals surface area contributed by atoms with Crippen LogP contribution in [0.5, 0.6) is 0 Å². The van der Waals surface area contributed by atoms with Crippen LogP contribution in [-0.2, 0) is 6.42 Å². The first-order valence-electron chi connectivity index (χ1n) is 6.89. The van der Waals surface area contributed by atoms with Crippen LogP contribution < -0.4 is 5.32 Å². The van der Waals surface area contributed by atoms with Gasteiger partial charge in [-0.05, 0) is 49.2 Å². The Hall–Kier alpha value is -0.610. The SMILES string of the molecule is CCCNC(Cc1ccc(Br)cc1Cl)c1ccc(Cl)cn1. The molecule has 0 fully saturated rings. The second-order valence-electron chi connectivity index (χ2n) is 4.85. The van der Waals surface area contributed by atoms with E-state index in [1.165, 1.54) is 0 Å². The average Bonchev–Trinajstić information content (AvgIpc) is 2.46. The first-order chi connectivity index (χ1) is 10.1. The lowest BCUT2D eigenvalue weighted by Gasteiger charge is -2.19. The normalized spacial score (nSPS) is 12.4. The molecule has 0 amide bonds. The van der Waals surface area contributed by atoms with Crippen LogP contribution in [-0.4, -0.2) is 11.5 Å². The lowest BCUT2D eigenvalue weighted by molar-refractivity contribution is 0.518. The van der Waals surface area contributed by atoms with E-state index in [1.54, 1.807) is 6.20 Å². The molecule has 5 heteroatoms. The molecule has 1 heterocycles. The summed E-state index contributed by atoms with van der Waals surface area (Å²) in [6, 6.07) is 9.93. The lowest BCUT2D eigenvalue weighted by atomic mass is 10.0. The highest BCUT2D eigenvalue weighted by molar-refractivity contribution is 9.10. The van der Waals surface area contributed by atoms with Crippen LogP contribution in [0, 0.1) is 0 Å². The summed E-state index contributed by atoms with van der Waals surface area (Å²) < 4.78 is 0.985. The van der Waals surface area contributed by atoms with E-state index in [4.69, 9.17) is 23.2 Å². The third-order valence-electron chi connectivity index (χ3n) is 3.19. The zero-order chi connectivity index (χ0) is 15.2. The number of halogens is 3. The maximum absolute atomic E-state index is 6.32. The molecule has 2 nitrogen and oxygen atoms in total. The van der Waals surface area contributed by atoms with Crippen molar-refractivity contribution < 1.29 is 0 Å². The van der Waals surface area contributed by atoms with Gasteiger partial charge in [-0.25, -0.2) is 0 Å². The molecule has 0 saturated heterocycles. The molecule has 112 valence electrons. The molecular formula is C16H17BrCl2N2. The van der Waals surface area contributed by atoms with Crippen LogP contribution in [0.2, 0.25) is 10.0 Å². The minimum absolute atomic E-state index is 0.126. The van der Waals surface area contributed by atoms with Crippen molar-refractivity contribution in [2.45, 2.75) is 25.8 Å². The molecular weight excluding hydrogens is 371 g/mol. The Labute approximate surface area is 144 Å². The van der Waals surface area contributed by atoms with Gasteiger partial charge in [0.15, 0.2) is 0 Å². The van der Waals surface area contributed by atoms with E-state index in [-0.39, 0.29) is 6.04 Å². The Balaban J connectivity index is 2.21. The quantitative estimate of drug-likeness (QED) is 0.714. The first-order valence-corrected chi connectivity index (χ1v) is 8.43. The molecule has 0 aliphatic rings. The zero-order valence-corrected chi connectivity index (χ0v) is 14.8. The number of hydrogen-bond acceptors (Lipinski definition) is 2. The highest BCUT2D eigenvalue weighted by Gasteiger charge is 2.15. The molecule has 0 bridgehead atoms. The van der Waals surface area contributed by atoms with Gasteiger partial charge in [0.25, 0.3) is 0 Å². The highest BCUT2D eigenvalue weighted by atomic mass is 79.9.